The zero-order chi connectivity index (χ0) is 39.0. The van der Waals surface area contributed by atoms with Gasteiger partial charge in [0.1, 0.15) is 0 Å². The van der Waals surface area contributed by atoms with E-state index >= 15 is 8.42 Å². The molecule has 0 radical (unpaired) electrons. The van der Waals surface area contributed by atoms with Crippen molar-refractivity contribution in [2.45, 2.75) is 118 Å². The standard InChI is InChI=1S/C46H64N4O2S/c1-12-45(9,33-48(11)39-27-18-23-35-21-14-16-25-37(35)39)50(53(51,52)41-43(5,6)31-42(3,4)32-44(41,7)8)46(10,13-2)34-49(30-20-29-47)40-28-19-24-36-22-15-17-26-38(36)40/h14-19,21-28,41H,12-13,20,30-34H2,1-11H3/t45-,46-/m0/s1. The highest BCUT2D eigenvalue weighted by atomic mass is 32.2. The fourth-order valence-electron chi connectivity index (χ4n) is 11.1. The molecule has 0 heterocycles. The van der Waals surface area contributed by atoms with Crippen LogP contribution in [0.3, 0.4) is 0 Å². The molecule has 4 aromatic carbocycles. The minimum atomic E-state index is -3.98. The van der Waals surface area contributed by atoms with Crippen LogP contribution in [-0.2, 0) is 10.0 Å². The summed E-state index contributed by atoms with van der Waals surface area (Å²) in [6, 6.07) is 31.8. The topological polar surface area (TPSA) is 67.7 Å². The molecule has 0 aliphatic heterocycles. The van der Waals surface area contributed by atoms with E-state index in [1.807, 2.05) is 10.4 Å². The van der Waals surface area contributed by atoms with Crippen LogP contribution in [0, 0.1) is 27.6 Å². The van der Waals surface area contributed by atoms with Gasteiger partial charge >= 0.3 is 0 Å². The summed E-state index contributed by atoms with van der Waals surface area (Å²) < 4.78 is 34.5. The Hall–Kier alpha value is -3.60. The van der Waals surface area contributed by atoms with Crippen molar-refractivity contribution in [1.82, 2.24) is 4.31 Å². The highest BCUT2D eigenvalue weighted by molar-refractivity contribution is 7.89. The second kappa shape index (κ2) is 14.9. The molecule has 6 nitrogen and oxygen atoms in total. The molecule has 0 spiro atoms. The van der Waals surface area contributed by atoms with Crippen LogP contribution in [0.15, 0.2) is 84.9 Å². The molecule has 1 aliphatic rings. The van der Waals surface area contributed by atoms with Gasteiger partial charge in [0.05, 0.1) is 28.8 Å². The number of fused-ring (bicyclic) bond motifs is 2. The number of hydrogen-bond acceptors (Lipinski definition) is 5. The summed E-state index contributed by atoms with van der Waals surface area (Å²) in [7, 11) is -1.87. The third-order valence-corrected chi connectivity index (χ3v) is 15.5. The maximum Gasteiger partial charge on any atom is 0.219 e. The van der Waals surface area contributed by atoms with Gasteiger partial charge in [-0.05, 0) is 78.7 Å². The summed E-state index contributed by atoms with van der Waals surface area (Å²) in [6.45, 7) is 23.4. The van der Waals surface area contributed by atoms with Crippen LogP contribution in [0.4, 0.5) is 11.4 Å². The Morgan fingerprint density at radius 3 is 1.68 bits per heavy atom. The van der Waals surface area contributed by atoms with E-state index in [4.69, 9.17) is 0 Å². The number of anilines is 2. The van der Waals surface area contributed by atoms with Crippen molar-refractivity contribution in [2.24, 2.45) is 16.2 Å². The Labute approximate surface area is 321 Å². The quantitative estimate of drug-likeness (QED) is 0.129. The maximum absolute atomic E-state index is 16.3. The Morgan fingerprint density at radius 1 is 0.717 bits per heavy atom. The minimum absolute atomic E-state index is 0.0169. The van der Waals surface area contributed by atoms with E-state index in [1.54, 1.807) is 0 Å². The van der Waals surface area contributed by atoms with E-state index in [1.165, 1.54) is 0 Å². The minimum Gasteiger partial charge on any atom is -0.372 e. The highest BCUT2D eigenvalue weighted by Gasteiger charge is 2.61. The average Bonchev–Trinajstić information content (AvgIpc) is 3.07. The van der Waals surface area contributed by atoms with Gasteiger partial charge in [0.2, 0.25) is 10.0 Å². The molecule has 0 N–H and O–H groups in total. The number of sulfonamides is 1. The number of rotatable bonds is 14. The summed E-state index contributed by atoms with van der Waals surface area (Å²) in [6.07, 6.45) is 3.22. The molecular formula is C46H64N4O2S. The van der Waals surface area contributed by atoms with Crippen LogP contribution in [0.5, 0.6) is 0 Å². The summed E-state index contributed by atoms with van der Waals surface area (Å²) in [5, 5.41) is 13.8. The van der Waals surface area contributed by atoms with Crippen molar-refractivity contribution in [3.8, 4) is 6.07 Å². The van der Waals surface area contributed by atoms with Gasteiger partial charge in [-0.15, -0.1) is 0 Å². The Kier molecular flexibility index (Phi) is 11.4. The van der Waals surface area contributed by atoms with Crippen molar-refractivity contribution in [1.29, 1.82) is 5.26 Å². The van der Waals surface area contributed by atoms with Crippen molar-refractivity contribution in [3.05, 3.63) is 84.9 Å². The first-order chi connectivity index (χ1) is 24.7. The molecule has 1 fully saturated rings. The van der Waals surface area contributed by atoms with Crippen LogP contribution >= 0.6 is 0 Å². The van der Waals surface area contributed by atoms with Gasteiger partial charge in [0.15, 0.2) is 0 Å². The smallest absolute Gasteiger partial charge is 0.219 e. The first-order valence-corrected chi connectivity index (χ1v) is 21.1. The lowest BCUT2D eigenvalue weighted by Crippen LogP contribution is -2.70. The van der Waals surface area contributed by atoms with Gasteiger partial charge in [0, 0.05) is 48.8 Å². The van der Waals surface area contributed by atoms with Gasteiger partial charge in [-0.3, -0.25) is 0 Å². The molecule has 0 unspecified atom stereocenters. The zero-order valence-electron chi connectivity index (χ0n) is 34.3. The highest BCUT2D eigenvalue weighted by Crippen LogP contribution is 2.58. The molecule has 0 saturated heterocycles. The monoisotopic (exact) mass is 736 g/mol. The van der Waals surface area contributed by atoms with E-state index < -0.39 is 37.2 Å². The number of likely N-dealkylation sites (N-methyl/N-ethyl adjacent to an activating group) is 1. The van der Waals surface area contributed by atoms with Crippen molar-refractivity contribution < 1.29 is 8.42 Å². The molecule has 7 heteroatoms. The maximum atomic E-state index is 16.3. The van der Waals surface area contributed by atoms with Crippen LogP contribution in [0.2, 0.25) is 0 Å². The molecule has 1 saturated carbocycles. The molecule has 0 aromatic heterocycles. The van der Waals surface area contributed by atoms with Gasteiger partial charge in [-0.2, -0.15) is 9.57 Å². The predicted molar refractivity (Wildman–Crippen MR) is 226 cm³/mol. The number of nitrogens with zero attached hydrogens (tertiary/aromatic N) is 4. The Balaban J connectivity index is 1.72. The SMILES string of the molecule is CC[C@@](C)(CN(C)c1cccc2ccccc12)N([C@@](C)(CC)CN(CCC#N)c1cccc2ccccc12)S(=O)(=O)C1C(C)(C)CC(C)(C)CC1(C)C. The number of nitriles is 1. The second-order valence-electron chi connectivity index (χ2n) is 18.6. The summed E-state index contributed by atoms with van der Waals surface area (Å²) in [5.41, 5.74) is -0.412. The van der Waals surface area contributed by atoms with Crippen LogP contribution in [-0.4, -0.2) is 55.7 Å². The molecule has 0 bridgehead atoms. The predicted octanol–water partition coefficient (Wildman–Crippen LogP) is 11.1. The third kappa shape index (κ3) is 7.96. The molecule has 286 valence electrons. The molecule has 4 aromatic rings. The van der Waals surface area contributed by atoms with E-state index in [9.17, 15) is 5.26 Å². The fourth-order valence-corrected chi connectivity index (χ4v) is 14.7. The first-order valence-electron chi connectivity index (χ1n) is 19.6. The first kappa shape index (κ1) is 40.6. The molecular weight excluding hydrogens is 673 g/mol. The van der Waals surface area contributed by atoms with Crippen molar-refractivity contribution >= 4 is 42.9 Å². The van der Waals surface area contributed by atoms with Gasteiger partial charge < -0.3 is 9.80 Å². The number of benzene rings is 4. The normalized spacial score (nSPS) is 19.4. The lowest BCUT2D eigenvalue weighted by molar-refractivity contribution is 0.0145. The van der Waals surface area contributed by atoms with Crippen LogP contribution < -0.4 is 9.80 Å². The summed E-state index contributed by atoms with van der Waals surface area (Å²) in [5.74, 6) is 0. The Bertz CT molecular complexity index is 2030. The summed E-state index contributed by atoms with van der Waals surface area (Å²) >= 11 is 0. The molecule has 1 aliphatic carbocycles. The van der Waals surface area contributed by atoms with Crippen molar-refractivity contribution in [3.63, 3.8) is 0 Å². The second-order valence-corrected chi connectivity index (χ2v) is 20.4. The molecule has 53 heavy (non-hydrogen) atoms. The van der Waals surface area contributed by atoms with E-state index in [0.717, 1.165) is 45.8 Å². The average molecular weight is 737 g/mol. The van der Waals surface area contributed by atoms with Gasteiger partial charge in [-0.25, -0.2) is 8.42 Å². The molecule has 0 amide bonds. The van der Waals surface area contributed by atoms with Crippen LogP contribution in [0.25, 0.3) is 21.5 Å². The largest absolute Gasteiger partial charge is 0.372 e. The zero-order valence-corrected chi connectivity index (χ0v) is 35.1. The molecule has 5 rings (SSSR count). The molecule has 2 atom stereocenters. The van der Waals surface area contributed by atoms with Crippen molar-refractivity contribution in [2.75, 3.05) is 36.5 Å². The van der Waals surface area contributed by atoms with E-state index in [2.05, 4.69) is 171 Å². The van der Waals surface area contributed by atoms with Gasteiger partial charge in [0.25, 0.3) is 0 Å². The van der Waals surface area contributed by atoms with Crippen LogP contribution in [0.1, 0.15) is 101 Å². The fraction of sp³-hybridized carbons (Fsp3) is 0.543. The van der Waals surface area contributed by atoms with Gasteiger partial charge in [-0.1, -0.05) is 128 Å². The van der Waals surface area contributed by atoms with E-state index in [0.29, 0.717) is 38.9 Å². The lowest BCUT2D eigenvalue weighted by atomic mass is 9.56. The van der Waals surface area contributed by atoms with E-state index in [-0.39, 0.29) is 5.41 Å². The number of hydrogen-bond donors (Lipinski definition) is 0. The lowest BCUT2D eigenvalue weighted by Gasteiger charge is -2.59. The summed E-state index contributed by atoms with van der Waals surface area (Å²) in [4.78, 5) is 4.55. The third-order valence-electron chi connectivity index (χ3n) is 12.2. The Morgan fingerprint density at radius 2 is 1.17 bits per heavy atom.